The first-order valence-corrected chi connectivity index (χ1v) is 7.48. The van der Waals surface area contributed by atoms with Crippen molar-refractivity contribution in [2.75, 3.05) is 5.73 Å². The van der Waals surface area contributed by atoms with E-state index in [1.165, 1.54) is 17.4 Å². The highest BCUT2D eigenvalue weighted by Crippen LogP contribution is 2.30. The summed E-state index contributed by atoms with van der Waals surface area (Å²) in [5.41, 5.74) is 8.34. The predicted octanol–water partition coefficient (Wildman–Crippen LogP) is 3.89. The SMILES string of the molecule is Nc1ccc(-c2ccnc(Cc3ccccc3[N+](=O)[O-])c2)s1. The van der Waals surface area contributed by atoms with Gasteiger partial charge in [-0.3, -0.25) is 15.1 Å². The number of nitro benzene ring substituents is 1. The van der Waals surface area contributed by atoms with Crippen LogP contribution in [0.15, 0.2) is 54.7 Å². The second kappa shape index (κ2) is 5.95. The minimum atomic E-state index is -0.362. The third kappa shape index (κ3) is 2.96. The van der Waals surface area contributed by atoms with Crippen molar-refractivity contribution in [3.05, 3.63) is 76.1 Å². The third-order valence-electron chi connectivity index (χ3n) is 3.29. The fourth-order valence-electron chi connectivity index (χ4n) is 2.27. The molecule has 0 saturated carbocycles. The van der Waals surface area contributed by atoms with E-state index in [0.717, 1.165) is 21.1 Å². The number of benzene rings is 1. The van der Waals surface area contributed by atoms with Crippen LogP contribution in [0.1, 0.15) is 11.3 Å². The summed E-state index contributed by atoms with van der Waals surface area (Å²) in [6.07, 6.45) is 2.14. The molecule has 1 aromatic carbocycles. The molecule has 0 radical (unpaired) electrons. The number of pyridine rings is 1. The van der Waals surface area contributed by atoms with E-state index in [9.17, 15) is 10.1 Å². The van der Waals surface area contributed by atoms with Gasteiger partial charge in [0.1, 0.15) is 0 Å². The van der Waals surface area contributed by atoms with E-state index in [4.69, 9.17) is 5.73 Å². The van der Waals surface area contributed by atoms with Crippen molar-refractivity contribution in [2.24, 2.45) is 0 Å². The summed E-state index contributed by atoms with van der Waals surface area (Å²) >= 11 is 1.51. The Labute approximate surface area is 131 Å². The summed E-state index contributed by atoms with van der Waals surface area (Å²) in [6, 6.07) is 14.4. The van der Waals surface area contributed by atoms with Gasteiger partial charge in [-0.2, -0.15) is 0 Å². The summed E-state index contributed by atoms with van der Waals surface area (Å²) in [5, 5.41) is 11.8. The molecule has 5 nitrogen and oxygen atoms in total. The van der Waals surface area contributed by atoms with Gasteiger partial charge in [0.2, 0.25) is 0 Å². The Morgan fingerprint density at radius 2 is 2.00 bits per heavy atom. The minimum absolute atomic E-state index is 0.120. The largest absolute Gasteiger partial charge is 0.391 e. The Kier molecular flexibility index (Phi) is 3.84. The van der Waals surface area contributed by atoms with E-state index in [1.807, 2.05) is 24.3 Å². The number of nitrogens with two attached hydrogens (primary N) is 1. The van der Waals surface area contributed by atoms with Gasteiger partial charge in [-0.1, -0.05) is 18.2 Å². The zero-order valence-corrected chi connectivity index (χ0v) is 12.4. The molecule has 0 fully saturated rings. The highest BCUT2D eigenvalue weighted by molar-refractivity contribution is 7.19. The third-order valence-corrected chi connectivity index (χ3v) is 4.25. The van der Waals surface area contributed by atoms with Gasteiger partial charge in [0, 0.05) is 34.8 Å². The van der Waals surface area contributed by atoms with E-state index in [0.29, 0.717) is 12.0 Å². The normalized spacial score (nSPS) is 10.5. The second-order valence-electron chi connectivity index (χ2n) is 4.80. The molecule has 0 bridgehead atoms. The molecule has 0 saturated heterocycles. The molecular formula is C16H13N3O2S. The van der Waals surface area contributed by atoms with Crippen LogP contribution in [0.4, 0.5) is 10.7 Å². The van der Waals surface area contributed by atoms with Crippen molar-refractivity contribution in [2.45, 2.75) is 6.42 Å². The van der Waals surface area contributed by atoms with Crippen LogP contribution in [0.5, 0.6) is 0 Å². The maximum Gasteiger partial charge on any atom is 0.272 e. The first kappa shape index (κ1) is 14.2. The number of anilines is 1. The van der Waals surface area contributed by atoms with Gasteiger partial charge in [0.05, 0.1) is 9.92 Å². The van der Waals surface area contributed by atoms with Crippen LogP contribution >= 0.6 is 11.3 Å². The Balaban J connectivity index is 1.92. The average Bonchev–Trinajstić information content (AvgIpc) is 2.94. The molecule has 3 rings (SSSR count). The van der Waals surface area contributed by atoms with Crippen molar-refractivity contribution in [1.82, 2.24) is 4.98 Å². The molecule has 0 aliphatic heterocycles. The molecular weight excluding hydrogens is 298 g/mol. The van der Waals surface area contributed by atoms with Crippen LogP contribution in [0.2, 0.25) is 0 Å². The number of hydrogen-bond acceptors (Lipinski definition) is 5. The highest BCUT2D eigenvalue weighted by Gasteiger charge is 2.13. The summed E-state index contributed by atoms with van der Waals surface area (Å²) in [7, 11) is 0. The van der Waals surface area contributed by atoms with Crippen LogP contribution in [-0.4, -0.2) is 9.91 Å². The number of hydrogen-bond donors (Lipinski definition) is 1. The molecule has 3 aromatic rings. The topological polar surface area (TPSA) is 82.0 Å². The van der Waals surface area contributed by atoms with Gasteiger partial charge in [0.15, 0.2) is 0 Å². The molecule has 0 spiro atoms. The molecule has 0 unspecified atom stereocenters. The van der Waals surface area contributed by atoms with Gasteiger partial charge in [-0.05, 0) is 29.8 Å². The number of nitro groups is 1. The monoisotopic (exact) mass is 311 g/mol. The van der Waals surface area contributed by atoms with E-state index >= 15 is 0 Å². The lowest BCUT2D eigenvalue weighted by molar-refractivity contribution is -0.385. The molecule has 0 amide bonds. The highest BCUT2D eigenvalue weighted by atomic mass is 32.1. The van der Waals surface area contributed by atoms with Crippen molar-refractivity contribution in [1.29, 1.82) is 0 Å². The smallest absolute Gasteiger partial charge is 0.272 e. The Morgan fingerprint density at radius 1 is 1.18 bits per heavy atom. The number of rotatable bonds is 4. The van der Waals surface area contributed by atoms with E-state index in [1.54, 1.807) is 24.4 Å². The lowest BCUT2D eigenvalue weighted by Gasteiger charge is -2.04. The molecule has 0 aliphatic carbocycles. The first-order valence-electron chi connectivity index (χ1n) is 6.66. The molecule has 0 aliphatic rings. The summed E-state index contributed by atoms with van der Waals surface area (Å²) < 4.78 is 0. The number of para-hydroxylation sites is 1. The minimum Gasteiger partial charge on any atom is -0.391 e. The fraction of sp³-hybridized carbons (Fsp3) is 0.0625. The van der Waals surface area contributed by atoms with E-state index in [-0.39, 0.29) is 10.6 Å². The Bertz CT molecular complexity index is 830. The molecule has 2 heterocycles. The van der Waals surface area contributed by atoms with Crippen LogP contribution in [-0.2, 0) is 6.42 Å². The van der Waals surface area contributed by atoms with Crippen molar-refractivity contribution in [3.8, 4) is 10.4 Å². The van der Waals surface area contributed by atoms with Gasteiger partial charge >= 0.3 is 0 Å². The maximum atomic E-state index is 11.1. The zero-order chi connectivity index (χ0) is 15.5. The number of aromatic nitrogens is 1. The molecule has 2 aromatic heterocycles. The molecule has 0 atom stereocenters. The van der Waals surface area contributed by atoms with Crippen molar-refractivity contribution < 1.29 is 4.92 Å². The van der Waals surface area contributed by atoms with Gasteiger partial charge in [0.25, 0.3) is 5.69 Å². The molecule has 22 heavy (non-hydrogen) atoms. The van der Waals surface area contributed by atoms with Crippen molar-refractivity contribution in [3.63, 3.8) is 0 Å². The van der Waals surface area contributed by atoms with Crippen molar-refractivity contribution >= 4 is 22.0 Å². The van der Waals surface area contributed by atoms with E-state index in [2.05, 4.69) is 4.98 Å². The summed E-state index contributed by atoms with van der Waals surface area (Å²) in [5.74, 6) is 0. The molecule has 6 heteroatoms. The summed E-state index contributed by atoms with van der Waals surface area (Å²) in [6.45, 7) is 0. The van der Waals surface area contributed by atoms with Gasteiger partial charge in [-0.15, -0.1) is 11.3 Å². The predicted molar refractivity (Wildman–Crippen MR) is 87.9 cm³/mol. The number of nitrogen functional groups attached to an aromatic ring is 1. The standard InChI is InChI=1S/C16H13N3O2S/c17-16-6-5-15(22-16)12-7-8-18-13(10-12)9-11-3-1-2-4-14(11)19(20)21/h1-8,10H,9,17H2. The van der Waals surface area contributed by atoms with Crippen LogP contribution in [0.25, 0.3) is 10.4 Å². The number of thiophene rings is 1. The van der Waals surface area contributed by atoms with Crippen LogP contribution < -0.4 is 5.73 Å². The maximum absolute atomic E-state index is 11.1. The first-order chi connectivity index (χ1) is 10.6. The summed E-state index contributed by atoms with van der Waals surface area (Å²) in [4.78, 5) is 16.1. The fourth-order valence-corrected chi connectivity index (χ4v) is 3.04. The Hall–Kier alpha value is -2.73. The van der Waals surface area contributed by atoms with Gasteiger partial charge < -0.3 is 5.73 Å². The van der Waals surface area contributed by atoms with E-state index < -0.39 is 0 Å². The lowest BCUT2D eigenvalue weighted by atomic mass is 10.1. The van der Waals surface area contributed by atoms with Crippen LogP contribution in [0, 0.1) is 10.1 Å². The average molecular weight is 311 g/mol. The molecule has 2 N–H and O–H groups in total. The quantitative estimate of drug-likeness (QED) is 0.585. The Morgan fingerprint density at radius 3 is 2.73 bits per heavy atom. The van der Waals surface area contributed by atoms with Gasteiger partial charge in [-0.25, -0.2) is 0 Å². The number of nitrogens with zero attached hydrogens (tertiary/aromatic N) is 2. The molecule has 110 valence electrons. The lowest BCUT2D eigenvalue weighted by Crippen LogP contribution is -1.98. The van der Waals surface area contributed by atoms with Crippen LogP contribution in [0.3, 0.4) is 0 Å². The second-order valence-corrected chi connectivity index (χ2v) is 5.92. The zero-order valence-electron chi connectivity index (χ0n) is 11.6.